The first-order valence-corrected chi connectivity index (χ1v) is 5.96. The second kappa shape index (κ2) is 12.3. The van der Waals surface area contributed by atoms with Crippen LogP contribution in [0.1, 0.15) is 52.4 Å². The Bertz CT molecular complexity index is 210. The van der Waals surface area contributed by atoms with Crippen LogP contribution in [0.4, 0.5) is 0 Å². The summed E-state index contributed by atoms with van der Waals surface area (Å²) in [5.74, 6) is -4.34. The third-order valence-electron chi connectivity index (χ3n) is 2.83. The van der Waals surface area contributed by atoms with Crippen molar-refractivity contribution in [1.82, 2.24) is 12.3 Å². The van der Waals surface area contributed by atoms with Crippen molar-refractivity contribution in [2.75, 3.05) is 0 Å². The van der Waals surface area contributed by atoms with Crippen LogP contribution < -0.4 is 22.5 Å². The second-order valence-corrected chi connectivity index (χ2v) is 4.14. The van der Waals surface area contributed by atoms with Crippen LogP contribution in [0.25, 0.3) is 0 Å². The number of aliphatic carboxylic acids is 2. The van der Waals surface area contributed by atoms with Crippen molar-refractivity contribution in [3.63, 3.8) is 0 Å². The molecule has 0 aliphatic carbocycles. The summed E-state index contributed by atoms with van der Waals surface area (Å²) in [5.41, 5.74) is 0. The lowest BCUT2D eigenvalue weighted by Crippen LogP contribution is -2.44. The molecular formula is C12H28N2O4. The Morgan fingerprint density at radius 3 is 1.28 bits per heavy atom. The van der Waals surface area contributed by atoms with E-state index in [0.29, 0.717) is 25.7 Å². The zero-order valence-corrected chi connectivity index (χ0v) is 12.0. The van der Waals surface area contributed by atoms with Crippen LogP contribution >= 0.6 is 0 Å². The highest BCUT2D eigenvalue weighted by atomic mass is 16.4. The standard InChI is InChI=1S/C12H22O4.2H3N/c1-3-5-7-9(11(13)14)10(12(15)16)8-6-4-2;;/h9-10H,3-8H2,1-2H3,(H,13,14)(H,15,16);2*1H3. The lowest BCUT2D eigenvalue weighted by atomic mass is 9.84. The van der Waals surface area contributed by atoms with Crippen LogP contribution in [0.5, 0.6) is 0 Å². The summed E-state index contributed by atoms with van der Waals surface area (Å²) >= 11 is 0. The van der Waals surface area contributed by atoms with Gasteiger partial charge in [-0.15, -0.1) is 0 Å². The Kier molecular flexibility index (Phi) is 15.1. The van der Waals surface area contributed by atoms with E-state index in [1.807, 2.05) is 13.8 Å². The fourth-order valence-electron chi connectivity index (χ4n) is 1.81. The maximum Gasteiger partial charge on any atom is 0.0451 e. The molecule has 0 rings (SSSR count). The Morgan fingerprint density at radius 1 is 0.833 bits per heavy atom. The van der Waals surface area contributed by atoms with Crippen molar-refractivity contribution in [2.45, 2.75) is 52.4 Å². The van der Waals surface area contributed by atoms with Gasteiger partial charge in [0.25, 0.3) is 0 Å². The number of hydrogen-bond donors (Lipinski definition) is 2. The van der Waals surface area contributed by atoms with Gasteiger partial charge in [0.05, 0.1) is 0 Å². The van der Waals surface area contributed by atoms with Crippen LogP contribution in [0.2, 0.25) is 0 Å². The Balaban J connectivity index is -0.00000112. The number of carbonyl (C=O) groups excluding carboxylic acids is 2. The summed E-state index contributed by atoms with van der Waals surface area (Å²) in [5, 5.41) is 21.8. The maximum atomic E-state index is 10.9. The first-order chi connectivity index (χ1) is 7.54. The molecule has 2 atom stereocenters. The summed E-state index contributed by atoms with van der Waals surface area (Å²) in [6.45, 7) is 3.87. The molecule has 0 aromatic heterocycles. The van der Waals surface area contributed by atoms with Gasteiger partial charge in [-0.2, -0.15) is 0 Å². The van der Waals surface area contributed by atoms with Crippen molar-refractivity contribution in [3.8, 4) is 0 Å². The summed E-state index contributed by atoms with van der Waals surface area (Å²) in [4.78, 5) is 21.8. The minimum absolute atomic E-state index is 0. The van der Waals surface area contributed by atoms with Crippen LogP contribution in [-0.2, 0) is 9.59 Å². The van der Waals surface area contributed by atoms with Gasteiger partial charge in [-0.05, 0) is 12.8 Å². The van der Waals surface area contributed by atoms with Crippen molar-refractivity contribution >= 4 is 11.9 Å². The molecular weight excluding hydrogens is 236 g/mol. The molecule has 0 aliphatic heterocycles. The van der Waals surface area contributed by atoms with E-state index in [-0.39, 0.29) is 12.3 Å². The van der Waals surface area contributed by atoms with Gasteiger partial charge in [0.2, 0.25) is 0 Å². The molecule has 0 saturated carbocycles. The SMILES string of the molecule is CCCCC(C(=O)[O-])C(CCCC)C(=O)[O-].[NH4+].[NH4+]. The first-order valence-electron chi connectivity index (χ1n) is 5.96. The van der Waals surface area contributed by atoms with Crippen molar-refractivity contribution in [2.24, 2.45) is 11.8 Å². The van der Waals surface area contributed by atoms with E-state index in [0.717, 1.165) is 12.8 Å². The highest BCUT2D eigenvalue weighted by Crippen LogP contribution is 2.23. The monoisotopic (exact) mass is 264 g/mol. The molecule has 0 spiro atoms. The van der Waals surface area contributed by atoms with Gasteiger partial charge in [-0.1, -0.05) is 39.5 Å². The van der Waals surface area contributed by atoms with E-state index in [4.69, 9.17) is 0 Å². The molecule has 0 bridgehead atoms. The fourth-order valence-corrected chi connectivity index (χ4v) is 1.81. The van der Waals surface area contributed by atoms with Gasteiger partial charge in [0.15, 0.2) is 0 Å². The number of rotatable bonds is 9. The third kappa shape index (κ3) is 8.03. The molecule has 0 heterocycles. The minimum atomic E-state index is -1.27. The average Bonchev–Trinajstić information content (AvgIpc) is 2.21. The van der Waals surface area contributed by atoms with Crippen LogP contribution in [-0.4, -0.2) is 11.9 Å². The molecule has 0 amide bonds. The highest BCUT2D eigenvalue weighted by Gasteiger charge is 2.22. The van der Waals surface area contributed by atoms with Gasteiger partial charge in [0, 0.05) is 23.8 Å². The normalized spacial score (nSPS) is 12.8. The fraction of sp³-hybridized carbons (Fsp3) is 0.833. The maximum absolute atomic E-state index is 10.9. The Labute approximate surface area is 109 Å². The molecule has 0 fully saturated rings. The molecule has 110 valence electrons. The molecule has 0 radical (unpaired) electrons. The molecule has 2 unspecified atom stereocenters. The lowest BCUT2D eigenvalue weighted by Gasteiger charge is -2.28. The minimum Gasteiger partial charge on any atom is -0.550 e. The van der Waals surface area contributed by atoms with E-state index in [9.17, 15) is 19.8 Å². The molecule has 6 heteroatoms. The lowest BCUT2D eigenvalue weighted by molar-refractivity contribution is -0.327. The van der Waals surface area contributed by atoms with Crippen molar-refractivity contribution in [1.29, 1.82) is 0 Å². The smallest absolute Gasteiger partial charge is 0.0451 e. The first kappa shape index (κ1) is 22.1. The summed E-state index contributed by atoms with van der Waals surface area (Å²) < 4.78 is 0. The number of carboxylic acids is 2. The molecule has 0 aromatic rings. The van der Waals surface area contributed by atoms with Crippen LogP contribution in [0.15, 0.2) is 0 Å². The summed E-state index contributed by atoms with van der Waals surface area (Å²) in [7, 11) is 0. The number of hydrogen-bond acceptors (Lipinski definition) is 4. The van der Waals surface area contributed by atoms with E-state index in [1.54, 1.807) is 0 Å². The van der Waals surface area contributed by atoms with E-state index >= 15 is 0 Å². The molecule has 8 N–H and O–H groups in total. The molecule has 0 aromatic carbocycles. The van der Waals surface area contributed by atoms with Gasteiger partial charge in [0.1, 0.15) is 0 Å². The van der Waals surface area contributed by atoms with Gasteiger partial charge in [-0.3, -0.25) is 0 Å². The van der Waals surface area contributed by atoms with Crippen molar-refractivity contribution < 1.29 is 19.8 Å². The van der Waals surface area contributed by atoms with E-state index in [1.165, 1.54) is 0 Å². The highest BCUT2D eigenvalue weighted by molar-refractivity contribution is 5.77. The third-order valence-corrected chi connectivity index (χ3v) is 2.83. The largest absolute Gasteiger partial charge is 0.550 e. The second-order valence-electron chi connectivity index (χ2n) is 4.14. The zero-order valence-electron chi connectivity index (χ0n) is 12.0. The predicted octanol–water partition coefficient (Wildman–Crippen LogP) is 0.851. The van der Waals surface area contributed by atoms with Crippen molar-refractivity contribution in [3.05, 3.63) is 0 Å². The number of unbranched alkanes of at least 4 members (excludes halogenated alkanes) is 2. The Hall–Kier alpha value is -1.14. The quantitative estimate of drug-likeness (QED) is 0.633. The molecule has 6 nitrogen and oxygen atoms in total. The van der Waals surface area contributed by atoms with E-state index < -0.39 is 23.8 Å². The van der Waals surface area contributed by atoms with Crippen LogP contribution in [0.3, 0.4) is 0 Å². The van der Waals surface area contributed by atoms with E-state index in [2.05, 4.69) is 0 Å². The summed E-state index contributed by atoms with van der Waals surface area (Å²) in [6.07, 6.45) is 3.82. The molecule has 0 aliphatic rings. The zero-order chi connectivity index (χ0) is 12.6. The number of carbonyl (C=O) groups is 2. The van der Waals surface area contributed by atoms with Gasteiger partial charge >= 0.3 is 0 Å². The number of quaternary nitrogens is 2. The summed E-state index contributed by atoms with van der Waals surface area (Å²) in [6, 6.07) is 0. The molecule has 0 saturated heterocycles. The number of carboxylic acid groups (broad SMARTS) is 2. The molecule has 18 heavy (non-hydrogen) atoms. The van der Waals surface area contributed by atoms with Gasteiger partial charge in [-0.25, -0.2) is 0 Å². The average molecular weight is 264 g/mol. The Morgan fingerprint density at radius 2 is 1.11 bits per heavy atom. The predicted molar refractivity (Wildman–Crippen MR) is 68.0 cm³/mol. The topological polar surface area (TPSA) is 153 Å². The van der Waals surface area contributed by atoms with Crippen LogP contribution in [0, 0.1) is 11.8 Å². The van der Waals surface area contributed by atoms with Gasteiger partial charge < -0.3 is 32.1 Å².